The first-order chi connectivity index (χ1) is 53.4. The van der Waals surface area contributed by atoms with Crippen molar-refractivity contribution in [2.75, 3.05) is 47.6 Å². The average molecular weight is 1470 g/mol. The van der Waals surface area contributed by atoms with Gasteiger partial charge in [-0.05, 0) is 75.2 Å². The fraction of sp³-hybridized carbons (Fsp3) is 0.205. The van der Waals surface area contributed by atoms with Gasteiger partial charge in [0.15, 0.2) is 34.9 Å². The van der Waals surface area contributed by atoms with Crippen LogP contribution >= 0.6 is 0 Å². The maximum Gasteiger partial charge on any atom is 0.152 e. The number of aliphatic hydroxyl groups is 3. The number of nitrogen functional groups attached to an aromatic ring is 6. The van der Waals surface area contributed by atoms with E-state index in [4.69, 9.17) is 44.6 Å². The predicted molar refractivity (Wildman–Crippen MR) is 443 cm³/mol. The summed E-state index contributed by atoms with van der Waals surface area (Å²) in [6.45, 7) is 10.6. The summed E-state index contributed by atoms with van der Waals surface area (Å²) in [5.74, 6) is 4.68. The van der Waals surface area contributed by atoms with Gasteiger partial charge in [-0.15, -0.1) is 0 Å². The number of benzene rings is 7. The van der Waals surface area contributed by atoms with E-state index in [0.29, 0.717) is 52.5 Å². The van der Waals surface area contributed by atoms with Gasteiger partial charge in [0, 0.05) is 66.0 Å². The predicted octanol–water partition coefficient (Wildman–Crippen LogP) is 13.0. The summed E-state index contributed by atoms with van der Waals surface area (Å²) in [5.41, 5.74) is 54.0. The van der Waals surface area contributed by atoms with Crippen LogP contribution in [0.3, 0.4) is 0 Å². The Morgan fingerprint density at radius 3 is 1.25 bits per heavy atom. The number of aliphatic hydroxyl groups excluding tert-OH is 3. The molecular formula is C83H86N24O3. The Morgan fingerprint density at radius 2 is 0.764 bits per heavy atom. The minimum atomic E-state index is -0.828. The number of imidazole rings is 6. The summed E-state index contributed by atoms with van der Waals surface area (Å²) >= 11 is 0. The fourth-order valence-electron chi connectivity index (χ4n) is 14.0. The summed E-state index contributed by atoms with van der Waals surface area (Å²) in [5, 5.41) is 33.9. The third-order valence-corrected chi connectivity index (χ3v) is 19.4. The molecule has 0 saturated carbocycles. The zero-order valence-electron chi connectivity index (χ0n) is 62.0. The molecule has 7 aromatic carbocycles. The first-order valence-corrected chi connectivity index (χ1v) is 36.3. The Morgan fingerprint density at radius 1 is 0.373 bits per heavy atom. The third kappa shape index (κ3) is 14.6. The summed E-state index contributed by atoms with van der Waals surface area (Å²) in [7, 11) is 3.97. The molecular weight excluding hydrogens is 1380 g/mol. The number of aromatic nitrogens is 18. The summed E-state index contributed by atoms with van der Waals surface area (Å²) in [6.07, 6.45) is 11.1. The number of para-hydroxylation sites is 5. The lowest BCUT2D eigenvalue weighted by Gasteiger charge is -2.10. The van der Waals surface area contributed by atoms with E-state index in [-0.39, 0.29) is 19.8 Å². The highest BCUT2D eigenvalue weighted by atomic mass is 16.3. The molecule has 12 aromatic heterocycles. The number of aryl methyl sites for hydroxylation is 6. The quantitative estimate of drug-likeness (QED) is 0.0513. The number of hydrogen-bond donors (Lipinski definition) is 9. The van der Waals surface area contributed by atoms with Gasteiger partial charge < -0.3 is 77.1 Å². The van der Waals surface area contributed by atoms with Gasteiger partial charge in [0.2, 0.25) is 0 Å². The number of hydrogen-bond acceptors (Lipinski definition) is 21. The molecule has 0 spiro atoms. The number of anilines is 6. The maximum atomic E-state index is 9.59. The van der Waals surface area contributed by atoms with Gasteiger partial charge in [-0.1, -0.05) is 159 Å². The minimum absolute atomic E-state index is 0.0714. The van der Waals surface area contributed by atoms with Crippen LogP contribution in [0.4, 0.5) is 34.9 Å². The van der Waals surface area contributed by atoms with E-state index in [1.54, 1.807) is 23.5 Å². The van der Waals surface area contributed by atoms with Crippen LogP contribution in [-0.4, -0.2) is 122 Å². The third-order valence-electron chi connectivity index (χ3n) is 19.4. The molecule has 0 radical (unpaired) electrons. The van der Waals surface area contributed by atoms with E-state index < -0.39 is 6.10 Å². The monoisotopic (exact) mass is 1470 g/mol. The van der Waals surface area contributed by atoms with Gasteiger partial charge >= 0.3 is 0 Å². The number of fused-ring (bicyclic) bond motifs is 18. The zero-order valence-corrected chi connectivity index (χ0v) is 62.0. The largest absolute Gasteiger partial charge is 0.395 e. The van der Waals surface area contributed by atoms with Gasteiger partial charge in [-0.3, -0.25) is 0 Å². The molecule has 556 valence electrons. The molecule has 0 saturated heterocycles. The van der Waals surface area contributed by atoms with Crippen molar-refractivity contribution >= 4 is 167 Å². The van der Waals surface area contributed by atoms with E-state index in [2.05, 4.69) is 130 Å². The molecule has 12 heterocycles. The van der Waals surface area contributed by atoms with Crippen LogP contribution in [-0.2, 0) is 40.3 Å². The first-order valence-electron chi connectivity index (χ1n) is 36.3. The van der Waals surface area contributed by atoms with Crippen molar-refractivity contribution in [3.8, 4) is 0 Å². The molecule has 19 rings (SSSR count). The Balaban J connectivity index is 0.000000110. The molecule has 0 aliphatic heterocycles. The molecule has 0 aliphatic carbocycles. The highest BCUT2D eigenvalue weighted by Gasteiger charge is 2.20. The Hall–Kier alpha value is -13.5. The topological polar surface area (TPSA) is 401 Å². The van der Waals surface area contributed by atoms with Crippen molar-refractivity contribution in [1.82, 2.24) is 87.2 Å². The van der Waals surface area contributed by atoms with Gasteiger partial charge in [0.25, 0.3) is 0 Å². The molecule has 1 atom stereocenters. The molecule has 1 unspecified atom stereocenters. The van der Waals surface area contributed by atoms with Crippen LogP contribution in [0.15, 0.2) is 195 Å². The Bertz CT molecular complexity index is 6560. The lowest BCUT2D eigenvalue weighted by Crippen LogP contribution is -2.19. The van der Waals surface area contributed by atoms with Crippen molar-refractivity contribution in [2.45, 2.75) is 85.7 Å². The standard InChI is InChI=1S/C18H16N4.C16H20N4.C13H14N4O2.C12H12N4O.2C12H12N4/c1-12-20-16-17(22(12)11-13-7-3-2-4-8-13)14-9-5-6-10-15(14)21-18(16)19;1-2-3-4-7-10-20-11-18-14-15(20)12-8-5-6-9-13(12)19-16(14)17;14-13-11-12(9-3-1-2-4-10(9)16-13)17(7-15-11)5-8(19)6-18;13-12-10-11(16(5-6-17)7-14-10)8-3-1-2-4-9(8)15-12;1-7-3-4-9-8(5-7)11-10(12(13)15-9)14-6-16(11)2;1-7-14-10-11(16(7)2)8-5-3-4-6-9(8)15-12(10)13/h2-10H,11H2,1H3,(H2,19,21);5-6,8-9,11H,2-4,7,10H2,1H3,(H2,17,19);1-4,7-8,18-19H,5-6H2,(H2,14,16);1-4,7,17H,5-6H2,(H2,13,15);2*3-6H,1-2H3,(H2,13,15). The molecule has 0 bridgehead atoms. The normalized spacial score (nSPS) is 11.7. The van der Waals surface area contributed by atoms with Crippen molar-refractivity contribution in [3.05, 3.63) is 218 Å². The van der Waals surface area contributed by atoms with E-state index in [0.717, 1.165) is 145 Å². The number of nitrogens with two attached hydrogens (primary N) is 6. The molecule has 27 heteroatoms. The van der Waals surface area contributed by atoms with Gasteiger partial charge in [0.05, 0.1) is 117 Å². The number of unbranched alkanes of at least 4 members (excludes halogenated alkanes) is 3. The first kappa shape index (κ1) is 73.4. The molecule has 27 nitrogen and oxygen atoms in total. The Labute approximate surface area is 631 Å². The molecule has 19 aromatic rings. The van der Waals surface area contributed by atoms with Gasteiger partial charge in [-0.25, -0.2) is 59.8 Å². The molecule has 0 amide bonds. The van der Waals surface area contributed by atoms with Gasteiger partial charge in [0.1, 0.15) is 44.7 Å². The second-order valence-electron chi connectivity index (χ2n) is 27.0. The van der Waals surface area contributed by atoms with Crippen molar-refractivity contribution in [3.63, 3.8) is 0 Å². The molecule has 110 heavy (non-hydrogen) atoms. The number of nitrogens with zero attached hydrogens (tertiary/aromatic N) is 18. The van der Waals surface area contributed by atoms with E-state index in [9.17, 15) is 5.11 Å². The zero-order chi connectivity index (χ0) is 76.9. The van der Waals surface area contributed by atoms with Crippen LogP contribution in [0.2, 0.25) is 0 Å². The van der Waals surface area contributed by atoms with E-state index >= 15 is 0 Å². The van der Waals surface area contributed by atoms with Gasteiger partial charge in [-0.2, -0.15) is 0 Å². The van der Waals surface area contributed by atoms with Crippen molar-refractivity contribution in [2.24, 2.45) is 14.1 Å². The lowest BCUT2D eigenvalue weighted by molar-refractivity contribution is 0.0821. The van der Waals surface area contributed by atoms with Crippen molar-refractivity contribution < 1.29 is 15.3 Å². The van der Waals surface area contributed by atoms with Crippen molar-refractivity contribution in [1.29, 1.82) is 0 Å². The fourth-order valence-corrected chi connectivity index (χ4v) is 14.0. The second kappa shape index (κ2) is 31.9. The van der Waals surface area contributed by atoms with Crippen LogP contribution < -0.4 is 34.4 Å². The highest BCUT2D eigenvalue weighted by Crippen LogP contribution is 2.34. The highest BCUT2D eigenvalue weighted by molar-refractivity contribution is 6.11. The molecule has 0 aliphatic rings. The number of rotatable bonds is 12. The molecule has 0 fully saturated rings. The van der Waals surface area contributed by atoms with E-state index in [1.165, 1.54) is 36.8 Å². The SMILES string of the molecule is CCCCCCn1cnc2c(N)nc3ccccc3c21.Cc1ccc2nc(N)c3ncn(C)c3c2c1.Cc1nc2c(N)nc3ccccc3c2n1C.Cc1nc2c(N)nc3ccccc3c2n1Cc1ccccc1.Nc1nc2ccccc2c2c1ncn2CC(O)CO.Nc1nc2ccccc2c2c1ncn2CCO. The van der Waals surface area contributed by atoms with Crippen LogP contribution in [0, 0.1) is 20.8 Å². The Kier molecular flexibility index (Phi) is 21.3. The summed E-state index contributed by atoms with van der Waals surface area (Å²) in [6, 6.07) is 56.1. The van der Waals surface area contributed by atoms with Crippen LogP contribution in [0.1, 0.15) is 55.4 Å². The smallest absolute Gasteiger partial charge is 0.152 e. The second-order valence-corrected chi connectivity index (χ2v) is 27.0. The maximum absolute atomic E-state index is 9.59. The summed E-state index contributed by atoms with van der Waals surface area (Å²) < 4.78 is 12.1. The number of pyridine rings is 6. The minimum Gasteiger partial charge on any atom is -0.395 e. The van der Waals surface area contributed by atoms with Crippen LogP contribution in [0.5, 0.6) is 0 Å². The summed E-state index contributed by atoms with van der Waals surface area (Å²) in [4.78, 5) is 52.5. The molecule has 15 N–H and O–H groups in total. The lowest BCUT2D eigenvalue weighted by atomic mass is 10.1. The van der Waals surface area contributed by atoms with Crippen LogP contribution in [0.25, 0.3) is 132 Å². The van der Waals surface area contributed by atoms with E-state index in [1.807, 2.05) is 171 Å². The average Bonchev–Trinajstić information content (AvgIpc) is 1.57.